The largest absolute Gasteiger partial charge is 0.325 e. The van der Waals surface area contributed by atoms with Crippen molar-refractivity contribution in [2.75, 3.05) is 18.0 Å². The zero-order chi connectivity index (χ0) is 19.0. The van der Waals surface area contributed by atoms with Gasteiger partial charge in [0.1, 0.15) is 23.6 Å². The number of anilines is 1. The van der Waals surface area contributed by atoms with E-state index in [0.29, 0.717) is 34.4 Å². The number of nitrogens with zero attached hydrogens (tertiary/aromatic N) is 5. The predicted octanol–water partition coefficient (Wildman–Crippen LogP) is 1.97. The molecule has 3 aromatic rings. The number of piperazine rings is 1. The molecular formula is C19H15N5O3. The van der Waals surface area contributed by atoms with E-state index in [-0.39, 0.29) is 24.4 Å². The monoisotopic (exact) mass is 361 g/mol. The van der Waals surface area contributed by atoms with Gasteiger partial charge in [0.15, 0.2) is 0 Å². The van der Waals surface area contributed by atoms with Gasteiger partial charge in [0.05, 0.1) is 11.3 Å². The Morgan fingerprint density at radius 2 is 2.00 bits per heavy atom. The smallest absolute Gasteiger partial charge is 0.254 e. The number of benzene rings is 2. The maximum absolute atomic E-state index is 12.9. The number of fused-ring (bicyclic) bond motifs is 1. The van der Waals surface area contributed by atoms with Crippen LogP contribution in [-0.2, 0) is 4.79 Å². The molecule has 1 atom stereocenters. The van der Waals surface area contributed by atoms with E-state index < -0.39 is 0 Å². The van der Waals surface area contributed by atoms with Crippen LogP contribution in [0.25, 0.3) is 11.0 Å². The van der Waals surface area contributed by atoms with Crippen LogP contribution in [0.3, 0.4) is 0 Å². The van der Waals surface area contributed by atoms with Gasteiger partial charge in [-0.2, -0.15) is 5.26 Å². The SMILES string of the molecule is C[C@H]1CN(c2ccccc2C#N)C(=O)CN1C(=O)c1ccc2nonc2c1. The molecule has 4 rings (SSSR count). The minimum Gasteiger partial charge on any atom is -0.325 e. The normalized spacial score (nSPS) is 17.2. The highest BCUT2D eigenvalue weighted by molar-refractivity contribution is 6.03. The van der Waals surface area contributed by atoms with Crippen molar-refractivity contribution in [1.82, 2.24) is 15.2 Å². The van der Waals surface area contributed by atoms with Crippen LogP contribution in [0, 0.1) is 11.3 Å². The first-order valence-corrected chi connectivity index (χ1v) is 8.41. The van der Waals surface area contributed by atoms with E-state index in [2.05, 4.69) is 21.0 Å². The summed E-state index contributed by atoms with van der Waals surface area (Å²) in [7, 11) is 0. The van der Waals surface area contributed by atoms with E-state index in [0.717, 1.165) is 0 Å². The van der Waals surface area contributed by atoms with Crippen molar-refractivity contribution in [3.8, 4) is 6.07 Å². The average Bonchev–Trinajstić information content (AvgIpc) is 3.16. The van der Waals surface area contributed by atoms with Crippen molar-refractivity contribution < 1.29 is 14.2 Å². The molecule has 0 radical (unpaired) electrons. The Kier molecular flexibility index (Phi) is 4.05. The number of rotatable bonds is 2. The number of hydrogen-bond acceptors (Lipinski definition) is 6. The van der Waals surface area contributed by atoms with Crippen molar-refractivity contribution in [3.05, 3.63) is 53.6 Å². The molecule has 0 bridgehead atoms. The number of carbonyl (C=O) groups is 2. The zero-order valence-corrected chi connectivity index (χ0v) is 14.5. The molecule has 8 nitrogen and oxygen atoms in total. The van der Waals surface area contributed by atoms with Gasteiger partial charge >= 0.3 is 0 Å². The van der Waals surface area contributed by atoms with Crippen LogP contribution in [0.4, 0.5) is 5.69 Å². The van der Waals surface area contributed by atoms with E-state index in [4.69, 9.17) is 0 Å². The number of carbonyl (C=O) groups excluding carboxylic acids is 2. The van der Waals surface area contributed by atoms with E-state index in [1.807, 2.05) is 6.92 Å². The van der Waals surface area contributed by atoms with E-state index in [1.165, 1.54) is 4.90 Å². The fourth-order valence-electron chi connectivity index (χ4n) is 3.24. The third-order valence-corrected chi connectivity index (χ3v) is 4.66. The number of amides is 2. The number of hydrogen-bond donors (Lipinski definition) is 0. The first-order valence-electron chi connectivity index (χ1n) is 8.41. The molecule has 2 aromatic carbocycles. The van der Waals surface area contributed by atoms with Crippen LogP contribution in [-0.4, -0.2) is 46.2 Å². The lowest BCUT2D eigenvalue weighted by Crippen LogP contribution is -2.57. The highest BCUT2D eigenvalue weighted by Crippen LogP contribution is 2.25. The van der Waals surface area contributed by atoms with Crippen molar-refractivity contribution >= 4 is 28.5 Å². The highest BCUT2D eigenvalue weighted by atomic mass is 16.6. The second-order valence-corrected chi connectivity index (χ2v) is 6.38. The van der Waals surface area contributed by atoms with Crippen LogP contribution < -0.4 is 4.90 Å². The molecule has 1 fully saturated rings. The molecule has 27 heavy (non-hydrogen) atoms. The fourth-order valence-corrected chi connectivity index (χ4v) is 3.24. The van der Waals surface area contributed by atoms with E-state index in [9.17, 15) is 14.9 Å². The molecule has 2 amide bonds. The van der Waals surface area contributed by atoms with Crippen LogP contribution in [0.5, 0.6) is 0 Å². The zero-order valence-electron chi connectivity index (χ0n) is 14.5. The lowest BCUT2D eigenvalue weighted by atomic mass is 10.1. The predicted molar refractivity (Wildman–Crippen MR) is 95.8 cm³/mol. The van der Waals surface area contributed by atoms with Gasteiger partial charge in [0, 0.05) is 18.2 Å². The van der Waals surface area contributed by atoms with E-state index >= 15 is 0 Å². The summed E-state index contributed by atoms with van der Waals surface area (Å²) >= 11 is 0. The lowest BCUT2D eigenvalue weighted by molar-refractivity contribution is -0.121. The van der Waals surface area contributed by atoms with Crippen LogP contribution in [0.15, 0.2) is 47.1 Å². The topological polar surface area (TPSA) is 103 Å². The Balaban J connectivity index is 1.59. The van der Waals surface area contributed by atoms with Gasteiger partial charge in [-0.1, -0.05) is 12.1 Å². The number of nitriles is 1. The molecule has 0 spiro atoms. The van der Waals surface area contributed by atoms with Crippen molar-refractivity contribution in [3.63, 3.8) is 0 Å². The van der Waals surface area contributed by atoms with E-state index in [1.54, 1.807) is 47.4 Å². The summed E-state index contributed by atoms with van der Waals surface area (Å²) in [4.78, 5) is 28.7. The second-order valence-electron chi connectivity index (χ2n) is 6.38. The summed E-state index contributed by atoms with van der Waals surface area (Å²) in [6.07, 6.45) is 0. The summed E-state index contributed by atoms with van der Waals surface area (Å²) < 4.78 is 4.66. The van der Waals surface area contributed by atoms with Crippen molar-refractivity contribution in [2.24, 2.45) is 0 Å². The maximum Gasteiger partial charge on any atom is 0.254 e. The Morgan fingerprint density at radius 1 is 1.22 bits per heavy atom. The molecule has 8 heteroatoms. The van der Waals surface area contributed by atoms with Gasteiger partial charge < -0.3 is 9.80 Å². The second kappa shape index (κ2) is 6.53. The first-order chi connectivity index (χ1) is 13.1. The number of para-hydroxylation sites is 1. The highest BCUT2D eigenvalue weighted by Gasteiger charge is 2.34. The molecule has 1 aliphatic heterocycles. The summed E-state index contributed by atoms with van der Waals surface area (Å²) in [5.41, 5.74) is 2.47. The molecule has 1 aromatic heterocycles. The van der Waals surface area contributed by atoms with Crippen LogP contribution >= 0.6 is 0 Å². The Morgan fingerprint density at radius 3 is 2.81 bits per heavy atom. The number of aromatic nitrogens is 2. The molecule has 1 saturated heterocycles. The molecule has 134 valence electrons. The Labute approximate surface area is 154 Å². The molecule has 0 N–H and O–H groups in total. The van der Waals surface area contributed by atoms with Gasteiger partial charge in [0.25, 0.3) is 5.91 Å². The van der Waals surface area contributed by atoms with Crippen molar-refractivity contribution in [2.45, 2.75) is 13.0 Å². The summed E-state index contributed by atoms with van der Waals surface area (Å²) in [5.74, 6) is -0.484. The van der Waals surface area contributed by atoms with Crippen LogP contribution in [0.2, 0.25) is 0 Å². The molecule has 2 heterocycles. The fraction of sp³-hybridized carbons (Fsp3) is 0.211. The average molecular weight is 361 g/mol. The minimum atomic E-state index is -0.256. The third-order valence-electron chi connectivity index (χ3n) is 4.66. The summed E-state index contributed by atoms with van der Waals surface area (Å²) in [6.45, 7) is 2.13. The molecule has 0 saturated carbocycles. The molecule has 0 unspecified atom stereocenters. The first kappa shape index (κ1) is 16.7. The lowest BCUT2D eigenvalue weighted by Gasteiger charge is -2.39. The summed E-state index contributed by atoms with van der Waals surface area (Å²) in [6, 6.07) is 13.7. The van der Waals surface area contributed by atoms with Gasteiger partial charge in [0.2, 0.25) is 5.91 Å². The Bertz CT molecular complexity index is 1080. The van der Waals surface area contributed by atoms with Gasteiger partial charge in [-0.15, -0.1) is 0 Å². The van der Waals surface area contributed by atoms with Gasteiger partial charge in [-0.05, 0) is 47.6 Å². The van der Waals surface area contributed by atoms with Gasteiger partial charge in [-0.3, -0.25) is 9.59 Å². The third kappa shape index (κ3) is 2.89. The molecule has 0 aliphatic carbocycles. The van der Waals surface area contributed by atoms with Gasteiger partial charge in [-0.25, -0.2) is 4.63 Å². The molecular weight excluding hydrogens is 346 g/mol. The summed E-state index contributed by atoms with van der Waals surface area (Å²) in [5, 5.41) is 16.8. The quantitative estimate of drug-likeness (QED) is 0.691. The van der Waals surface area contributed by atoms with Crippen molar-refractivity contribution in [1.29, 1.82) is 5.26 Å². The molecule has 1 aliphatic rings. The van der Waals surface area contributed by atoms with Crippen LogP contribution in [0.1, 0.15) is 22.8 Å². The maximum atomic E-state index is 12.9. The minimum absolute atomic E-state index is 0.0606. The standard InChI is InChI=1S/C19H15N5O3/c1-12-10-24(17-5-3-2-4-14(17)9-20)18(25)11-23(12)19(26)13-6-7-15-16(8-13)22-27-21-15/h2-8,12H,10-11H2,1H3/t12-/m0/s1. The Hall–Kier alpha value is -3.73.